The van der Waals surface area contributed by atoms with Gasteiger partial charge in [-0.3, -0.25) is 4.79 Å². The zero-order valence-corrected chi connectivity index (χ0v) is 21.0. The zero-order chi connectivity index (χ0) is 24.5. The van der Waals surface area contributed by atoms with E-state index >= 15 is 0 Å². The molecule has 0 aromatic heterocycles. The highest BCUT2D eigenvalue weighted by molar-refractivity contribution is 7.89. The number of halogens is 1. The average molecular weight is 499 g/mol. The van der Waals surface area contributed by atoms with Gasteiger partial charge in [-0.15, -0.1) is 0 Å². The summed E-state index contributed by atoms with van der Waals surface area (Å²) in [6.07, 6.45) is 0. The van der Waals surface area contributed by atoms with E-state index in [1.54, 1.807) is 55.1 Å². The number of carbonyl (C=O) groups excluding carboxylic acids is 1. The van der Waals surface area contributed by atoms with Gasteiger partial charge in [0.05, 0.1) is 23.7 Å². The Bertz CT molecular complexity index is 1300. The molecule has 8 heteroatoms. The van der Waals surface area contributed by atoms with E-state index in [0.29, 0.717) is 40.7 Å². The van der Waals surface area contributed by atoms with E-state index in [2.05, 4.69) is 0 Å². The van der Waals surface area contributed by atoms with Gasteiger partial charge >= 0.3 is 0 Å². The second-order valence-electron chi connectivity index (χ2n) is 8.49. The van der Waals surface area contributed by atoms with Crippen LogP contribution in [-0.2, 0) is 21.4 Å². The second-order valence-corrected chi connectivity index (χ2v) is 10.8. The number of sulfonamides is 1. The summed E-state index contributed by atoms with van der Waals surface area (Å²) in [6, 6.07) is 17.9. The number of fused-ring (bicyclic) bond motifs is 1. The summed E-state index contributed by atoms with van der Waals surface area (Å²) in [6.45, 7) is 5.95. The number of anilines is 1. The normalized spacial score (nSPS) is 13.5. The van der Waals surface area contributed by atoms with Crippen LogP contribution in [-0.4, -0.2) is 38.3 Å². The van der Waals surface area contributed by atoms with Crippen molar-refractivity contribution in [2.45, 2.75) is 32.2 Å². The summed E-state index contributed by atoms with van der Waals surface area (Å²) in [7, 11) is -3.98. The molecule has 0 saturated heterocycles. The predicted molar refractivity (Wildman–Crippen MR) is 134 cm³/mol. The lowest BCUT2D eigenvalue weighted by atomic mass is 10.1. The van der Waals surface area contributed by atoms with Crippen molar-refractivity contribution in [2.24, 2.45) is 0 Å². The van der Waals surface area contributed by atoms with Crippen LogP contribution >= 0.6 is 11.6 Å². The van der Waals surface area contributed by atoms with Crippen molar-refractivity contribution in [2.75, 3.05) is 24.6 Å². The first-order valence-electron chi connectivity index (χ1n) is 11.0. The van der Waals surface area contributed by atoms with Crippen LogP contribution < -0.4 is 9.64 Å². The van der Waals surface area contributed by atoms with Gasteiger partial charge in [-0.05, 0) is 61.7 Å². The Morgan fingerprint density at radius 2 is 1.68 bits per heavy atom. The molecule has 0 bridgehead atoms. The van der Waals surface area contributed by atoms with Crippen molar-refractivity contribution in [1.82, 2.24) is 4.31 Å². The van der Waals surface area contributed by atoms with E-state index in [9.17, 15) is 13.2 Å². The van der Waals surface area contributed by atoms with Gasteiger partial charge in [-0.1, -0.05) is 53.6 Å². The summed E-state index contributed by atoms with van der Waals surface area (Å²) < 4.78 is 34.8. The molecule has 0 N–H and O–H groups in total. The first kappa shape index (κ1) is 24.3. The number of para-hydroxylation sites is 2. The number of carbonyl (C=O) groups is 1. The molecule has 0 unspecified atom stereocenters. The lowest BCUT2D eigenvalue weighted by Gasteiger charge is -2.32. The third-order valence-electron chi connectivity index (χ3n) is 5.82. The highest BCUT2D eigenvalue weighted by Gasteiger charge is 2.33. The van der Waals surface area contributed by atoms with Gasteiger partial charge in [-0.2, -0.15) is 4.31 Å². The van der Waals surface area contributed by atoms with Crippen molar-refractivity contribution >= 4 is 33.2 Å². The largest absolute Gasteiger partial charge is 0.490 e. The van der Waals surface area contributed by atoms with Crippen molar-refractivity contribution in [1.29, 1.82) is 0 Å². The lowest BCUT2D eigenvalue weighted by molar-refractivity contribution is -0.119. The molecule has 0 fully saturated rings. The molecular weight excluding hydrogens is 472 g/mol. The molecule has 6 nitrogen and oxygen atoms in total. The van der Waals surface area contributed by atoms with Crippen molar-refractivity contribution in [3.8, 4) is 5.75 Å². The summed E-state index contributed by atoms with van der Waals surface area (Å²) >= 11 is 6.02. The Balaban J connectivity index is 1.72. The van der Waals surface area contributed by atoms with Crippen LogP contribution in [0.3, 0.4) is 0 Å². The van der Waals surface area contributed by atoms with E-state index in [4.69, 9.17) is 16.3 Å². The molecule has 4 rings (SSSR count). The van der Waals surface area contributed by atoms with E-state index < -0.39 is 10.0 Å². The SMILES string of the molecule is Cc1cc(C)c(S(=O)(=O)N(CC(=O)N2CCOc3ccccc32)Cc2ccc(Cl)cc2)c(C)c1. The van der Waals surface area contributed by atoms with Crippen LogP contribution in [0, 0.1) is 20.8 Å². The number of hydrogen-bond donors (Lipinski definition) is 0. The molecule has 3 aromatic carbocycles. The standard InChI is InChI=1S/C26H27ClN2O4S/c1-18-14-19(2)26(20(3)15-18)34(31,32)28(16-21-8-10-22(27)11-9-21)17-25(30)29-12-13-33-24-7-5-4-6-23(24)29/h4-11,14-15H,12-13,16-17H2,1-3H3. The Morgan fingerprint density at radius 1 is 1.03 bits per heavy atom. The van der Waals surface area contributed by atoms with Crippen LogP contribution in [0.2, 0.25) is 5.02 Å². The van der Waals surface area contributed by atoms with Crippen LogP contribution in [0.4, 0.5) is 5.69 Å². The van der Waals surface area contributed by atoms with Gasteiger partial charge in [0, 0.05) is 11.6 Å². The molecule has 1 aliphatic heterocycles. The second kappa shape index (κ2) is 9.78. The number of aryl methyl sites for hydroxylation is 3. The van der Waals surface area contributed by atoms with Crippen LogP contribution in [0.25, 0.3) is 0 Å². The molecule has 1 amide bonds. The first-order chi connectivity index (χ1) is 16.2. The zero-order valence-electron chi connectivity index (χ0n) is 19.4. The topological polar surface area (TPSA) is 66.9 Å². The monoisotopic (exact) mass is 498 g/mol. The maximum atomic E-state index is 13.9. The van der Waals surface area contributed by atoms with E-state index in [-0.39, 0.29) is 23.9 Å². The lowest BCUT2D eigenvalue weighted by Crippen LogP contribution is -2.45. The smallest absolute Gasteiger partial charge is 0.244 e. The minimum atomic E-state index is -3.98. The predicted octanol–water partition coefficient (Wildman–Crippen LogP) is 4.88. The highest BCUT2D eigenvalue weighted by atomic mass is 35.5. The Hall–Kier alpha value is -2.87. The molecule has 0 radical (unpaired) electrons. The van der Waals surface area contributed by atoms with Gasteiger partial charge in [0.15, 0.2) is 0 Å². The summed E-state index contributed by atoms with van der Waals surface area (Å²) in [5.41, 5.74) is 3.68. The molecule has 3 aromatic rings. The number of rotatable bonds is 6. The van der Waals surface area contributed by atoms with Gasteiger partial charge in [0.25, 0.3) is 0 Å². The van der Waals surface area contributed by atoms with Gasteiger partial charge in [-0.25, -0.2) is 8.42 Å². The average Bonchev–Trinajstić information content (AvgIpc) is 2.78. The molecule has 34 heavy (non-hydrogen) atoms. The molecule has 0 aliphatic carbocycles. The Kier molecular flexibility index (Phi) is 6.98. The molecule has 178 valence electrons. The number of benzene rings is 3. The summed E-state index contributed by atoms with van der Waals surface area (Å²) in [4.78, 5) is 15.3. The highest BCUT2D eigenvalue weighted by Crippen LogP contribution is 2.32. The Morgan fingerprint density at radius 3 is 2.35 bits per heavy atom. The fraction of sp³-hybridized carbons (Fsp3) is 0.269. The molecular formula is C26H27ClN2O4S. The molecule has 1 heterocycles. The van der Waals surface area contributed by atoms with Gasteiger partial charge < -0.3 is 9.64 Å². The quantitative estimate of drug-likeness (QED) is 0.485. The third kappa shape index (κ3) is 4.97. The molecule has 0 saturated carbocycles. The summed E-state index contributed by atoms with van der Waals surface area (Å²) in [5.74, 6) is 0.301. The van der Waals surface area contributed by atoms with Crippen LogP contribution in [0.1, 0.15) is 22.3 Å². The number of nitrogens with zero attached hydrogens (tertiary/aromatic N) is 2. The minimum absolute atomic E-state index is 0.0456. The van der Waals surface area contributed by atoms with Gasteiger partial charge in [0.1, 0.15) is 12.4 Å². The third-order valence-corrected chi connectivity index (χ3v) is 8.17. The number of hydrogen-bond acceptors (Lipinski definition) is 4. The first-order valence-corrected chi connectivity index (χ1v) is 12.8. The number of amides is 1. The maximum Gasteiger partial charge on any atom is 0.244 e. The van der Waals surface area contributed by atoms with Crippen LogP contribution in [0.5, 0.6) is 5.75 Å². The van der Waals surface area contributed by atoms with Gasteiger partial charge in [0.2, 0.25) is 15.9 Å². The fourth-order valence-electron chi connectivity index (χ4n) is 4.39. The number of ether oxygens (including phenoxy) is 1. The summed E-state index contributed by atoms with van der Waals surface area (Å²) in [5, 5.41) is 0.560. The van der Waals surface area contributed by atoms with Crippen molar-refractivity contribution < 1.29 is 17.9 Å². The van der Waals surface area contributed by atoms with E-state index in [1.165, 1.54) is 4.31 Å². The van der Waals surface area contributed by atoms with Crippen LogP contribution in [0.15, 0.2) is 65.6 Å². The Labute approximate surface area is 205 Å². The van der Waals surface area contributed by atoms with Crippen molar-refractivity contribution in [3.63, 3.8) is 0 Å². The fourth-order valence-corrected chi connectivity index (χ4v) is 6.30. The molecule has 1 aliphatic rings. The molecule has 0 atom stereocenters. The molecule has 0 spiro atoms. The maximum absolute atomic E-state index is 13.9. The van der Waals surface area contributed by atoms with E-state index in [0.717, 1.165) is 11.1 Å². The minimum Gasteiger partial charge on any atom is -0.490 e. The van der Waals surface area contributed by atoms with Crippen molar-refractivity contribution in [3.05, 3.63) is 87.9 Å². The van der Waals surface area contributed by atoms with E-state index in [1.807, 2.05) is 31.2 Å².